The van der Waals surface area contributed by atoms with E-state index < -0.39 is 5.41 Å². The van der Waals surface area contributed by atoms with Crippen LogP contribution in [0.25, 0.3) is 33.4 Å². The van der Waals surface area contributed by atoms with Crippen molar-refractivity contribution in [3.05, 3.63) is 208 Å². The van der Waals surface area contributed by atoms with Crippen LogP contribution in [0.2, 0.25) is 0 Å². The Morgan fingerprint density at radius 1 is 0.564 bits per heavy atom. The van der Waals surface area contributed by atoms with E-state index in [9.17, 15) is 0 Å². The Kier molecular flexibility index (Phi) is 8.32. The summed E-state index contributed by atoms with van der Waals surface area (Å²) in [5.41, 5.74) is 21.5. The minimum atomic E-state index is -0.420. The number of fused-ring (bicyclic) bond motifs is 11. The number of allylic oxidation sites excluding steroid dienone is 8. The quantitative estimate of drug-likeness (QED) is 0.149. The summed E-state index contributed by atoms with van der Waals surface area (Å²) in [6.45, 7) is 15.8. The molecule has 6 aromatic carbocycles. The van der Waals surface area contributed by atoms with Crippen LogP contribution in [0, 0.1) is 5.92 Å². The van der Waals surface area contributed by atoms with E-state index >= 15 is 0 Å². The third kappa shape index (κ3) is 5.06. The molecule has 3 aliphatic rings. The summed E-state index contributed by atoms with van der Waals surface area (Å²) in [5.74, 6) is 0.397. The van der Waals surface area contributed by atoms with Crippen molar-refractivity contribution in [1.29, 1.82) is 0 Å². The molecule has 1 heteroatoms. The minimum absolute atomic E-state index is 0.0973. The number of benzene rings is 6. The zero-order valence-corrected chi connectivity index (χ0v) is 33.1. The fourth-order valence-electron chi connectivity index (χ4n) is 9.88. The molecule has 0 aromatic heterocycles. The molecule has 0 unspecified atom stereocenters. The van der Waals surface area contributed by atoms with Gasteiger partial charge in [-0.3, -0.25) is 0 Å². The van der Waals surface area contributed by atoms with E-state index in [-0.39, 0.29) is 5.41 Å². The Hall–Kier alpha value is -5.92. The zero-order chi connectivity index (χ0) is 38.1. The maximum Gasteiger partial charge on any atom is 0.0726 e. The van der Waals surface area contributed by atoms with Gasteiger partial charge in [-0.1, -0.05) is 167 Å². The number of hydrogen-bond donors (Lipinski definition) is 0. The average Bonchev–Trinajstić information content (AvgIpc) is 3.73. The molecule has 0 saturated carbocycles. The van der Waals surface area contributed by atoms with Gasteiger partial charge >= 0.3 is 0 Å². The smallest absolute Gasteiger partial charge is 0.0726 e. The van der Waals surface area contributed by atoms with Gasteiger partial charge in [-0.05, 0) is 124 Å². The monoisotopic (exact) mass is 711 g/mol. The molecule has 0 radical (unpaired) electrons. The first-order valence-corrected chi connectivity index (χ1v) is 19.9. The molecule has 3 aliphatic carbocycles. The molecule has 0 fully saturated rings. The molecule has 0 saturated heterocycles. The normalized spacial score (nSPS) is 15.9. The summed E-state index contributed by atoms with van der Waals surface area (Å²) in [7, 11) is 0. The van der Waals surface area contributed by atoms with Gasteiger partial charge in [-0.2, -0.15) is 0 Å². The highest BCUT2D eigenvalue weighted by molar-refractivity contribution is 5.97. The van der Waals surface area contributed by atoms with Crippen LogP contribution in [0.3, 0.4) is 0 Å². The summed E-state index contributed by atoms with van der Waals surface area (Å²) >= 11 is 0. The van der Waals surface area contributed by atoms with E-state index in [0.717, 1.165) is 11.4 Å². The molecule has 0 N–H and O–H groups in total. The Morgan fingerprint density at radius 2 is 1.07 bits per heavy atom. The summed E-state index contributed by atoms with van der Waals surface area (Å²) < 4.78 is 0. The van der Waals surface area contributed by atoms with Crippen molar-refractivity contribution >= 4 is 28.2 Å². The number of para-hydroxylation sites is 1. The first-order chi connectivity index (χ1) is 26.7. The molecule has 270 valence electrons. The summed E-state index contributed by atoms with van der Waals surface area (Å²) in [6.07, 6.45) is 11.3. The number of hydrogen-bond acceptors (Lipinski definition) is 1. The molecule has 9 rings (SSSR count). The molecule has 55 heavy (non-hydrogen) atoms. The van der Waals surface area contributed by atoms with Crippen LogP contribution in [0.1, 0.15) is 87.4 Å². The van der Waals surface area contributed by atoms with Crippen LogP contribution in [-0.4, -0.2) is 0 Å². The topological polar surface area (TPSA) is 3.24 Å². The highest BCUT2D eigenvalue weighted by atomic mass is 15.1. The van der Waals surface area contributed by atoms with Crippen LogP contribution in [0.4, 0.5) is 17.1 Å². The van der Waals surface area contributed by atoms with Crippen LogP contribution < -0.4 is 4.90 Å². The SMILES string of the molecule is C/C=C\C1=C(C)C(C)(C)c2cc(N(c3ccc4c(c3)C3(c5ccccc5-c5ccccc53)c3ccccc3-4)c3ccccc3C(/C=C\C)=C/C(C)C)ccc21. The van der Waals surface area contributed by atoms with Crippen molar-refractivity contribution < 1.29 is 0 Å². The largest absolute Gasteiger partial charge is 0.310 e. The van der Waals surface area contributed by atoms with E-state index in [2.05, 4.69) is 217 Å². The molecule has 6 aromatic rings. The minimum Gasteiger partial charge on any atom is -0.310 e. The van der Waals surface area contributed by atoms with Gasteiger partial charge in [0.15, 0.2) is 0 Å². The average molecular weight is 712 g/mol. The van der Waals surface area contributed by atoms with Gasteiger partial charge in [0.05, 0.1) is 11.1 Å². The lowest BCUT2D eigenvalue weighted by Crippen LogP contribution is -2.26. The van der Waals surface area contributed by atoms with Crippen LogP contribution in [-0.2, 0) is 10.8 Å². The number of anilines is 3. The van der Waals surface area contributed by atoms with Gasteiger partial charge in [-0.25, -0.2) is 0 Å². The van der Waals surface area contributed by atoms with E-state index in [1.54, 1.807) is 0 Å². The fourth-order valence-corrected chi connectivity index (χ4v) is 9.88. The Bertz CT molecular complexity index is 2570. The van der Waals surface area contributed by atoms with Gasteiger partial charge in [0.1, 0.15) is 0 Å². The predicted octanol–water partition coefficient (Wildman–Crippen LogP) is 14.8. The molecular formula is C54H49N. The van der Waals surface area contributed by atoms with Crippen molar-refractivity contribution in [2.45, 2.75) is 59.3 Å². The third-order valence-electron chi connectivity index (χ3n) is 12.5. The first kappa shape index (κ1) is 34.8. The first-order valence-electron chi connectivity index (χ1n) is 19.9. The Balaban J connectivity index is 1.34. The van der Waals surface area contributed by atoms with Crippen molar-refractivity contribution in [2.24, 2.45) is 5.92 Å². The van der Waals surface area contributed by atoms with E-state index in [1.165, 1.54) is 83.6 Å². The van der Waals surface area contributed by atoms with E-state index in [0.29, 0.717) is 5.92 Å². The third-order valence-corrected chi connectivity index (χ3v) is 12.5. The molecule has 0 bridgehead atoms. The van der Waals surface area contributed by atoms with Gasteiger partial charge in [-0.15, -0.1) is 0 Å². The maximum absolute atomic E-state index is 2.52. The van der Waals surface area contributed by atoms with Gasteiger partial charge in [0.2, 0.25) is 0 Å². The molecule has 0 aliphatic heterocycles. The van der Waals surface area contributed by atoms with Crippen LogP contribution in [0.5, 0.6) is 0 Å². The molecule has 1 spiro atoms. The summed E-state index contributed by atoms with van der Waals surface area (Å²) in [6, 6.07) is 50.6. The lowest BCUT2D eigenvalue weighted by Gasteiger charge is -2.33. The molecule has 0 atom stereocenters. The standard InChI is InChI=1S/C54H49N/c1-8-18-37(32-35(3)4)41-20-13-17-27-52(41)55(38-28-30-45-40(19-9-2)36(5)53(6,7)50(45)33-38)39-29-31-46-44-23-12-16-26-49(44)54(51(46)34-39)47-24-14-10-21-42(47)43-22-11-15-25-48(43)54/h8-35H,1-7H3/b18-8-,19-9-,37-32+. The van der Waals surface area contributed by atoms with E-state index in [4.69, 9.17) is 0 Å². The van der Waals surface area contributed by atoms with Crippen LogP contribution in [0.15, 0.2) is 169 Å². The second-order valence-electron chi connectivity index (χ2n) is 16.2. The van der Waals surface area contributed by atoms with Crippen LogP contribution >= 0.6 is 0 Å². The number of nitrogens with zero attached hydrogens (tertiary/aromatic N) is 1. The summed E-state index contributed by atoms with van der Waals surface area (Å²) in [5, 5.41) is 0. The Morgan fingerprint density at radius 3 is 1.64 bits per heavy atom. The second-order valence-corrected chi connectivity index (χ2v) is 16.2. The second kappa shape index (κ2) is 13.1. The lowest BCUT2D eigenvalue weighted by atomic mass is 9.70. The van der Waals surface area contributed by atoms with Crippen molar-refractivity contribution in [3.63, 3.8) is 0 Å². The van der Waals surface area contributed by atoms with Gasteiger partial charge in [0.25, 0.3) is 0 Å². The molecule has 0 heterocycles. The number of rotatable bonds is 7. The summed E-state index contributed by atoms with van der Waals surface area (Å²) in [4.78, 5) is 2.52. The molecular weight excluding hydrogens is 663 g/mol. The zero-order valence-electron chi connectivity index (χ0n) is 33.1. The lowest BCUT2D eigenvalue weighted by molar-refractivity contribution is 0.639. The van der Waals surface area contributed by atoms with Crippen molar-refractivity contribution in [1.82, 2.24) is 0 Å². The Labute approximate surface area is 327 Å². The van der Waals surface area contributed by atoms with Crippen molar-refractivity contribution in [3.8, 4) is 22.3 Å². The molecule has 1 nitrogen and oxygen atoms in total. The van der Waals surface area contributed by atoms with E-state index in [1.807, 2.05) is 0 Å². The van der Waals surface area contributed by atoms with Crippen molar-refractivity contribution in [2.75, 3.05) is 4.90 Å². The molecule has 0 amide bonds. The van der Waals surface area contributed by atoms with Gasteiger partial charge in [0, 0.05) is 22.4 Å². The predicted molar refractivity (Wildman–Crippen MR) is 235 cm³/mol. The highest BCUT2D eigenvalue weighted by Crippen LogP contribution is 2.63. The fraction of sp³-hybridized carbons (Fsp3) is 0.185. The van der Waals surface area contributed by atoms with Gasteiger partial charge < -0.3 is 4.90 Å². The maximum atomic E-state index is 2.52. The highest BCUT2D eigenvalue weighted by Gasteiger charge is 2.51.